The van der Waals surface area contributed by atoms with Crippen LogP contribution in [-0.2, 0) is 11.2 Å². The predicted octanol–water partition coefficient (Wildman–Crippen LogP) is 3.36. The highest BCUT2D eigenvalue weighted by Gasteiger charge is 2.27. The van der Waals surface area contributed by atoms with E-state index in [2.05, 4.69) is 15.3 Å². The highest BCUT2D eigenvalue weighted by Crippen LogP contribution is 2.34. The number of aromatic nitrogens is 2. The molecule has 1 aromatic heterocycles. The van der Waals surface area contributed by atoms with Crippen molar-refractivity contribution in [3.63, 3.8) is 0 Å². The summed E-state index contributed by atoms with van der Waals surface area (Å²) in [6.45, 7) is 3.32. The first-order valence-corrected chi connectivity index (χ1v) is 7.24. The molecule has 2 heterocycles. The Bertz CT molecular complexity index is 648. The van der Waals surface area contributed by atoms with Gasteiger partial charge in [-0.1, -0.05) is 12.1 Å². The van der Waals surface area contributed by atoms with E-state index in [-0.39, 0.29) is 17.2 Å². The van der Waals surface area contributed by atoms with E-state index in [4.69, 9.17) is 16.3 Å². The molecule has 0 amide bonds. The van der Waals surface area contributed by atoms with Gasteiger partial charge >= 0.3 is 0 Å². The number of nitrogens with one attached hydrogen (secondary N) is 1. The van der Waals surface area contributed by atoms with E-state index in [1.54, 1.807) is 12.1 Å². The van der Waals surface area contributed by atoms with Crippen molar-refractivity contribution in [3.8, 4) is 0 Å². The van der Waals surface area contributed by atoms with Gasteiger partial charge in [-0.2, -0.15) is 0 Å². The second-order valence-electron chi connectivity index (χ2n) is 4.79. The van der Waals surface area contributed by atoms with Gasteiger partial charge in [0.25, 0.3) is 0 Å². The van der Waals surface area contributed by atoms with Gasteiger partial charge in [-0.15, -0.1) is 0 Å². The first-order valence-electron chi connectivity index (χ1n) is 6.86. The Morgan fingerprint density at radius 2 is 2.10 bits per heavy atom. The lowest BCUT2D eigenvalue weighted by Gasteiger charge is -2.27. The largest absolute Gasteiger partial charge is 0.370 e. The Labute approximate surface area is 127 Å². The zero-order chi connectivity index (χ0) is 14.8. The Morgan fingerprint density at radius 3 is 2.81 bits per heavy atom. The van der Waals surface area contributed by atoms with E-state index in [0.717, 1.165) is 35.6 Å². The predicted molar refractivity (Wildman–Crippen MR) is 79.1 cm³/mol. The molecule has 1 aliphatic heterocycles. The Balaban J connectivity index is 2.06. The van der Waals surface area contributed by atoms with Crippen molar-refractivity contribution in [2.75, 3.05) is 18.5 Å². The van der Waals surface area contributed by atoms with Gasteiger partial charge in [-0.25, -0.2) is 14.4 Å². The molecule has 3 rings (SSSR count). The zero-order valence-corrected chi connectivity index (χ0v) is 12.3. The van der Waals surface area contributed by atoms with E-state index >= 15 is 0 Å². The van der Waals surface area contributed by atoms with Crippen molar-refractivity contribution in [3.05, 3.63) is 52.2 Å². The lowest BCUT2D eigenvalue weighted by molar-refractivity contribution is 0.0663. The van der Waals surface area contributed by atoms with E-state index in [1.165, 1.54) is 12.1 Å². The molecule has 1 aliphatic rings. The molecule has 0 saturated carbocycles. The number of ether oxygens (including phenoxy) is 1. The van der Waals surface area contributed by atoms with Gasteiger partial charge in [0, 0.05) is 18.5 Å². The molecule has 0 aliphatic carbocycles. The van der Waals surface area contributed by atoms with E-state index in [9.17, 15) is 4.39 Å². The molecule has 0 saturated heterocycles. The average molecular weight is 308 g/mol. The number of hydrogen-bond acceptors (Lipinski definition) is 4. The molecule has 0 spiro atoms. The van der Waals surface area contributed by atoms with Crippen LogP contribution in [0, 0.1) is 5.82 Å². The summed E-state index contributed by atoms with van der Waals surface area (Å²) in [6, 6.07) is 6.25. The molecule has 2 aromatic rings. The van der Waals surface area contributed by atoms with Crippen LogP contribution in [0.2, 0.25) is 5.28 Å². The zero-order valence-electron chi connectivity index (χ0n) is 11.6. The summed E-state index contributed by atoms with van der Waals surface area (Å²) in [5, 5.41) is 3.39. The third-order valence-corrected chi connectivity index (χ3v) is 3.58. The molecule has 0 fully saturated rings. The maximum Gasteiger partial charge on any atom is 0.224 e. The lowest BCUT2D eigenvalue weighted by atomic mass is 9.98. The third-order valence-electron chi connectivity index (χ3n) is 3.41. The molecule has 1 atom stereocenters. The fraction of sp³-hybridized carbons (Fsp3) is 0.333. The van der Waals surface area contributed by atoms with Gasteiger partial charge in [0.05, 0.1) is 12.3 Å². The Morgan fingerprint density at radius 1 is 1.33 bits per heavy atom. The first-order chi connectivity index (χ1) is 10.2. The van der Waals surface area contributed by atoms with Gasteiger partial charge in [0.2, 0.25) is 5.28 Å². The van der Waals surface area contributed by atoms with Crippen LogP contribution >= 0.6 is 11.6 Å². The Kier molecular flexibility index (Phi) is 4.03. The number of nitrogens with zero attached hydrogens (tertiary/aromatic N) is 2. The second-order valence-corrected chi connectivity index (χ2v) is 5.13. The Hall–Kier alpha value is -1.72. The number of rotatable bonds is 3. The normalized spacial score (nSPS) is 17.4. The molecular formula is C15H15ClFN3O. The first kappa shape index (κ1) is 14.2. The minimum atomic E-state index is -0.341. The maximum atomic E-state index is 13.1. The van der Waals surface area contributed by atoms with Crippen molar-refractivity contribution < 1.29 is 9.13 Å². The van der Waals surface area contributed by atoms with E-state index in [0.29, 0.717) is 6.61 Å². The van der Waals surface area contributed by atoms with Crippen LogP contribution in [0.25, 0.3) is 0 Å². The molecule has 4 nitrogen and oxygen atoms in total. The monoisotopic (exact) mass is 307 g/mol. The standard InChI is InChI=1S/C15H15ClFN3O/c1-2-18-14-11-7-8-21-13(12(11)19-15(16)20-14)9-3-5-10(17)6-4-9/h3-6,13H,2,7-8H2,1H3,(H,18,19,20). The van der Waals surface area contributed by atoms with Crippen molar-refractivity contribution in [2.45, 2.75) is 19.4 Å². The fourth-order valence-electron chi connectivity index (χ4n) is 2.50. The summed E-state index contributed by atoms with van der Waals surface area (Å²) in [7, 11) is 0. The lowest BCUT2D eigenvalue weighted by Crippen LogP contribution is -2.21. The molecule has 0 bridgehead atoms. The maximum absolute atomic E-state index is 13.1. The third kappa shape index (κ3) is 2.84. The highest BCUT2D eigenvalue weighted by atomic mass is 35.5. The van der Waals surface area contributed by atoms with Crippen molar-refractivity contribution in [1.82, 2.24) is 9.97 Å². The molecule has 1 aromatic carbocycles. The summed E-state index contributed by atoms with van der Waals surface area (Å²) in [6.07, 6.45) is 0.388. The smallest absolute Gasteiger partial charge is 0.224 e. The van der Waals surface area contributed by atoms with Crippen LogP contribution < -0.4 is 5.32 Å². The number of halogens is 2. The number of hydrogen-bond donors (Lipinski definition) is 1. The highest BCUT2D eigenvalue weighted by molar-refractivity contribution is 6.28. The van der Waals surface area contributed by atoms with Crippen LogP contribution in [0.1, 0.15) is 29.8 Å². The topological polar surface area (TPSA) is 47.0 Å². The quantitative estimate of drug-likeness (QED) is 0.883. The van der Waals surface area contributed by atoms with Crippen LogP contribution in [0.3, 0.4) is 0 Å². The molecule has 110 valence electrons. The molecule has 1 unspecified atom stereocenters. The summed E-state index contributed by atoms with van der Waals surface area (Å²) in [5.74, 6) is 0.478. The average Bonchev–Trinajstić information content (AvgIpc) is 2.48. The summed E-state index contributed by atoms with van der Waals surface area (Å²) in [4.78, 5) is 8.58. The van der Waals surface area contributed by atoms with E-state index < -0.39 is 0 Å². The summed E-state index contributed by atoms with van der Waals surface area (Å²) < 4.78 is 18.9. The van der Waals surface area contributed by atoms with Crippen LogP contribution in [0.5, 0.6) is 0 Å². The molecule has 6 heteroatoms. The van der Waals surface area contributed by atoms with E-state index in [1.807, 2.05) is 6.92 Å². The van der Waals surface area contributed by atoms with Crippen molar-refractivity contribution in [1.29, 1.82) is 0 Å². The fourth-order valence-corrected chi connectivity index (χ4v) is 2.67. The SMILES string of the molecule is CCNc1nc(Cl)nc2c1CCOC2c1ccc(F)cc1. The number of fused-ring (bicyclic) bond motifs is 1. The van der Waals surface area contributed by atoms with Crippen LogP contribution in [-0.4, -0.2) is 23.1 Å². The molecule has 0 radical (unpaired) electrons. The van der Waals surface area contributed by atoms with Gasteiger partial charge < -0.3 is 10.1 Å². The van der Waals surface area contributed by atoms with Crippen molar-refractivity contribution >= 4 is 17.4 Å². The van der Waals surface area contributed by atoms with Crippen LogP contribution in [0.4, 0.5) is 10.2 Å². The van der Waals surface area contributed by atoms with Crippen molar-refractivity contribution in [2.24, 2.45) is 0 Å². The van der Waals surface area contributed by atoms with Gasteiger partial charge in [-0.3, -0.25) is 0 Å². The number of benzene rings is 1. The van der Waals surface area contributed by atoms with Gasteiger partial charge in [-0.05, 0) is 36.2 Å². The minimum Gasteiger partial charge on any atom is -0.370 e. The van der Waals surface area contributed by atoms with Gasteiger partial charge in [0.15, 0.2) is 0 Å². The van der Waals surface area contributed by atoms with Crippen LogP contribution in [0.15, 0.2) is 24.3 Å². The molecule has 1 N–H and O–H groups in total. The number of anilines is 1. The van der Waals surface area contributed by atoms with Gasteiger partial charge in [0.1, 0.15) is 17.7 Å². The summed E-state index contributed by atoms with van der Waals surface area (Å²) in [5.41, 5.74) is 2.63. The summed E-state index contributed by atoms with van der Waals surface area (Å²) >= 11 is 6.02. The molecule has 21 heavy (non-hydrogen) atoms. The second kappa shape index (κ2) is 5.95. The molecular weight excluding hydrogens is 293 g/mol. The minimum absolute atomic E-state index is 0.183.